The Balaban J connectivity index is 1.40. The number of carbonyl (C=O) groups is 3. The smallest absolute Gasteiger partial charge is 0.248 e. The fourth-order valence-corrected chi connectivity index (χ4v) is 5.88. The Kier molecular flexibility index (Phi) is 7.80. The minimum atomic E-state index is -0.690. The van der Waals surface area contributed by atoms with E-state index in [-0.39, 0.29) is 35.5 Å². The third kappa shape index (κ3) is 5.48. The number of nitrogens with one attached hydrogen (secondary N) is 3. The summed E-state index contributed by atoms with van der Waals surface area (Å²) >= 11 is 3.35. The summed E-state index contributed by atoms with van der Waals surface area (Å²) in [6.45, 7) is 8.78. The highest BCUT2D eigenvalue weighted by molar-refractivity contribution is 9.10. The van der Waals surface area contributed by atoms with Crippen LogP contribution < -0.4 is 10.6 Å². The van der Waals surface area contributed by atoms with E-state index in [4.69, 9.17) is 5.41 Å². The van der Waals surface area contributed by atoms with E-state index >= 15 is 0 Å². The first-order valence-corrected chi connectivity index (χ1v) is 14.4. The van der Waals surface area contributed by atoms with Crippen molar-refractivity contribution in [2.45, 2.75) is 53.1 Å². The number of Topliss-reactive ketones (excluding diaryl/α,β-unsaturated/α-hetero) is 1. The number of ketones is 1. The second-order valence-corrected chi connectivity index (χ2v) is 12.0. The van der Waals surface area contributed by atoms with E-state index in [1.807, 2.05) is 45.1 Å². The van der Waals surface area contributed by atoms with Crippen LogP contribution in [0.15, 0.2) is 53.4 Å². The largest absolute Gasteiger partial charge is 0.375 e. The van der Waals surface area contributed by atoms with Crippen LogP contribution in [0.4, 0.5) is 11.5 Å². The first-order valence-electron chi connectivity index (χ1n) is 13.6. The van der Waals surface area contributed by atoms with Crippen LogP contribution >= 0.6 is 15.9 Å². The lowest BCUT2D eigenvalue weighted by Gasteiger charge is -2.38. The number of aryl methyl sites for hydroxylation is 3. The van der Waals surface area contributed by atoms with Crippen molar-refractivity contribution in [1.29, 1.82) is 5.41 Å². The van der Waals surface area contributed by atoms with Crippen molar-refractivity contribution in [2.24, 2.45) is 5.41 Å². The van der Waals surface area contributed by atoms with Gasteiger partial charge < -0.3 is 15.5 Å². The van der Waals surface area contributed by atoms with Crippen LogP contribution in [0, 0.1) is 31.6 Å². The van der Waals surface area contributed by atoms with Gasteiger partial charge in [-0.2, -0.15) is 0 Å². The summed E-state index contributed by atoms with van der Waals surface area (Å²) in [5, 5.41) is 14.6. The number of pyridine rings is 1. The average molecular weight is 631 g/mol. The van der Waals surface area contributed by atoms with Gasteiger partial charge in [-0.05, 0) is 78.0 Å². The molecule has 0 unspecified atom stereocenters. The molecule has 3 heterocycles. The van der Waals surface area contributed by atoms with Crippen LogP contribution in [0.2, 0.25) is 0 Å². The molecule has 3 atom stereocenters. The molecule has 5 rings (SSSR count). The Morgan fingerprint density at radius 3 is 2.45 bits per heavy atom. The van der Waals surface area contributed by atoms with Gasteiger partial charge in [0.05, 0.1) is 12.6 Å². The summed E-state index contributed by atoms with van der Waals surface area (Å²) in [7, 11) is 0. The van der Waals surface area contributed by atoms with Crippen LogP contribution in [-0.4, -0.2) is 61.8 Å². The molecule has 3 aromatic rings. The zero-order valence-electron chi connectivity index (χ0n) is 24.1. The first-order chi connectivity index (χ1) is 19.9. The van der Waals surface area contributed by atoms with Crippen LogP contribution in [0.3, 0.4) is 0 Å². The van der Waals surface area contributed by atoms with Gasteiger partial charge in [0.15, 0.2) is 5.78 Å². The van der Waals surface area contributed by atoms with Gasteiger partial charge in [0, 0.05) is 41.5 Å². The first kappa shape index (κ1) is 29.2. The average Bonchev–Trinajstić information content (AvgIpc) is 3.15. The van der Waals surface area contributed by atoms with Gasteiger partial charge >= 0.3 is 0 Å². The topological polar surface area (TPSA) is 141 Å². The molecule has 2 amide bonds. The molecule has 1 fully saturated rings. The number of carbonyl (C=O) groups excluding carboxylic acids is 3. The second-order valence-electron chi connectivity index (χ2n) is 11.1. The van der Waals surface area contributed by atoms with E-state index in [9.17, 15) is 14.4 Å². The van der Waals surface area contributed by atoms with Gasteiger partial charge in [-0.3, -0.25) is 19.8 Å². The van der Waals surface area contributed by atoms with E-state index in [1.165, 1.54) is 6.92 Å². The zero-order valence-corrected chi connectivity index (χ0v) is 25.7. The molecular formula is C31H32BrN7O3. The van der Waals surface area contributed by atoms with Gasteiger partial charge in [0.25, 0.3) is 0 Å². The molecule has 10 nitrogen and oxygen atoms in total. The normalized spacial score (nSPS) is 20.5. The van der Waals surface area contributed by atoms with Crippen molar-refractivity contribution in [3.8, 4) is 11.1 Å². The summed E-state index contributed by atoms with van der Waals surface area (Å²) in [4.78, 5) is 54.1. The van der Waals surface area contributed by atoms with Crippen molar-refractivity contribution in [3.05, 3.63) is 75.9 Å². The molecule has 3 N–H and O–H groups in total. The van der Waals surface area contributed by atoms with Gasteiger partial charge in [-0.25, -0.2) is 15.0 Å². The van der Waals surface area contributed by atoms with Crippen LogP contribution in [-0.2, 0) is 14.4 Å². The Labute approximate surface area is 252 Å². The van der Waals surface area contributed by atoms with Gasteiger partial charge in [-0.1, -0.05) is 25.1 Å². The van der Waals surface area contributed by atoms with E-state index in [0.29, 0.717) is 33.9 Å². The van der Waals surface area contributed by atoms with Crippen molar-refractivity contribution in [3.63, 3.8) is 0 Å². The predicted octanol–water partition coefficient (Wildman–Crippen LogP) is 4.78. The highest BCUT2D eigenvalue weighted by Crippen LogP contribution is 2.48. The lowest BCUT2D eigenvalue weighted by Crippen LogP contribution is -2.51. The molecule has 1 aliphatic carbocycles. The molecule has 1 saturated heterocycles. The van der Waals surface area contributed by atoms with Crippen LogP contribution in [0.25, 0.3) is 11.1 Å². The Morgan fingerprint density at radius 2 is 1.81 bits per heavy atom. The zero-order chi connectivity index (χ0) is 30.3. The highest BCUT2D eigenvalue weighted by atomic mass is 79.9. The Hall–Kier alpha value is -4.25. The summed E-state index contributed by atoms with van der Waals surface area (Å²) in [5.41, 5.74) is 3.50. The predicted molar refractivity (Wildman–Crippen MR) is 165 cm³/mol. The van der Waals surface area contributed by atoms with E-state index in [2.05, 4.69) is 41.5 Å². The maximum absolute atomic E-state index is 13.8. The summed E-state index contributed by atoms with van der Waals surface area (Å²) < 4.78 is 0.601. The number of likely N-dealkylation sites (tertiary alicyclic amines) is 1. The molecular weight excluding hydrogens is 598 g/mol. The van der Waals surface area contributed by atoms with E-state index in [0.717, 1.165) is 22.3 Å². The number of halogens is 1. The third-order valence-electron chi connectivity index (χ3n) is 7.99. The molecule has 0 bridgehead atoms. The SMILES string of the molecule is CC(=O)C(=N)c1cc(-c2cnc(C)nc2)cc(C)c1NCC(=O)N1[C@H](C(=O)Nc2nc(Br)ccc2C)C[C@@]2(C)C=C[C@@H]12. The van der Waals surface area contributed by atoms with Gasteiger partial charge in [-0.15, -0.1) is 0 Å². The van der Waals surface area contributed by atoms with Crippen molar-refractivity contribution < 1.29 is 14.4 Å². The number of hydrogen-bond acceptors (Lipinski definition) is 8. The Morgan fingerprint density at radius 1 is 1.10 bits per heavy atom. The number of amides is 2. The molecule has 1 aliphatic heterocycles. The lowest BCUT2D eigenvalue weighted by molar-refractivity contribution is -0.136. The Bertz CT molecular complexity index is 1650. The molecule has 1 aromatic carbocycles. The lowest BCUT2D eigenvalue weighted by atomic mass is 9.73. The third-order valence-corrected chi connectivity index (χ3v) is 8.43. The second kappa shape index (κ2) is 11.2. The number of hydrogen-bond donors (Lipinski definition) is 3. The number of fused-ring (bicyclic) bond motifs is 1. The van der Waals surface area contributed by atoms with Crippen molar-refractivity contribution in [2.75, 3.05) is 17.2 Å². The summed E-state index contributed by atoms with van der Waals surface area (Å²) in [5.74, 6) is 0.124. The molecule has 0 radical (unpaired) electrons. The quantitative estimate of drug-likeness (QED) is 0.185. The van der Waals surface area contributed by atoms with Crippen LogP contribution in [0.5, 0.6) is 0 Å². The molecule has 42 heavy (non-hydrogen) atoms. The fourth-order valence-electron chi connectivity index (χ4n) is 5.57. The highest BCUT2D eigenvalue weighted by Gasteiger charge is 2.55. The maximum atomic E-state index is 13.8. The molecule has 0 saturated carbocycles. The van der Waals surface area contributed by atoms with Crippen LogP contribution in [0.1, 0.15) is 42.8 Å². The monoisotopic (exact) mass is 629 g/mol. The molecule has 2 aliphatic rings. The van der Waals surface area contributed by atoms with Crippen molar-refractivity contribution in [1.82, 2.24) is 19.9 Å². The molecule has 2 aromatic heterocycles. The molecule has 0 spiro atoms. The number of anilines is 2. The van der Waals surface area contributed by atoms with E-state index in [1.54, 1.807) is 36.4 Å². The number of benzene rings is 1. The summed E-state index contributed by atoms with van der Waals surface area (Å²) in [6, 6.07) is 6.40. The summed E-state index contributed by atoms with van der Waals surface area (Å²) in [6.07, 6.45) is 7.88. The minimum Gasteiger partial charge on any atom is -0.375 e. The van der Waals surface area contributed by atoms with Gasteiger partial charge in [0.1, 0.15) is 28.0 Å². The minimum absolute atomic E-state index is 0.121. The van der Waals surface area contributed by atoms with Gasteiger partial charge in [0.2, 0.25) is 11.8 Å². The standard InChI is InChI=1S/C31H32BrN7O3/c1-16-6-7-25(32)37-29(16)38-30(42)23-12-31(5)9-8-24(31)39(23)26(41)15-36-28-17(2)10-20(11-22(28)27(33)18(3)40)21-13-34-19(4)35-14-21/h6-11,13-14,23-24,33,36H,12,15H2,1-5H3,(H,37,38,42)/t23-,24+,31+/m0/s1. The number of aromatic nitrogens is 3. The van der Waals surface area contributed by atoms with E-state index < -0.39 is 11.8 Å². The number of nitrogens with zero attached hydrogens (tertiary/aromatic N) is 4. The number of rotatable bonds is 8. The fraction of sp³-hybridized carbons (Fsp3) is 0.323. The molecule has 216 valence electrons. The van der Waals surface area contributed by atoms with Crippen molar-refractivity contribution >= 4 is 50.7 Å². The molecule has 11 heteroatoms. The maximum Gasteiger partial charge on any atom is 0.248 e.